The van der Waals surface area contributed by atoms with Crippen molar-refractivity contribution in [3.05, 3.63) is 98.7 Å². The minimum Gasteiger partial charge on any atom is -0.488 e. The molecule has 0 radical (unpaired) electrons. The first kappa shape index (κ1) is 23.1. The third-order valence-corrected chi connectivity index (χ3v) is 5.95. The molecule has 0 spiro atoms. The lowest BCUT2D eigenvalue weighted by Crippen LogP contribution is -2.54. The van der Waals surface area contributed by atoms with E-state index in [9.17, 15) is 14.0 Å². The van der Waals surface area contributed by atoms with Crippen LogP contribution in [0, 0.1) is 5.82 Å². The number of rotatable bonds is 5. The number of halogens is 3. The van der Waals surface area contributed by atoms with E-state index in [0.29, 0.717) is 20.8 Å². The van der Waals surface area contributed by atoms with Gasteiger partial charge < -0.3 is 4.74 Å². The molecule has 1 aliphatic rings. The van der Waals surface area contributed by atoms with Crippen LogP contribution in [0.5, 0.6) is 5.75 Å². The van der Waals surface area contributed by atoms with Crippen molar-refractivity contribution < 1.29 is 18.7 Å². The number of nitrogens with one attached hydrogen (secondary N) is 1. The first-order valence-corrected chi connectivity index (χ1v) is 11.2. The number of hydrogen-bond acceptors (Lipinski definition) is 4. The van der Waals surface area contributed by atoms with Gasteiger partial charge in [-0.05, 0) is 54.7 Å². The van der Waals surface area contributed by atoms with E-state index >= 15 is 0 Å². The summed E-state index contributed by atoms with van der Waals surface area (Å²) in [7, 11) is 0. The Morgan fingerprint density at radius 3 is 2.58 bits per heavy atom. The van der Waals surface area contributed by atoms with Crippen molar-refractivity contribution in [1.29, 1.82) is 0 Å². The topological polar surface area (TPSA) is 58.6 Å². The van der Waals surface area contributed by atoms with E-state index in [1.54, 1.807) is 30.3 Å². The van der Waals surface area contributed by atoms with Gasteiger partial charge in [-0.1, -0.05) is 57.9 Å². The van der Waals surface area contributed by atoms with E-state index < -0.39 is 17.6 Å². The molecule has 0 bridgehead atoms. The van der Waals surface area contributed by atoms with Crippen LogP contribution in [-0.2, 0) is 16.2 Å². The van der Waals surface area contributed by atoms with Crippen LogP contribution in [0.25, 0.3) is 6.08 Å². The molecule has 166 valence electrons. The van der Waals surface area contributed by atoms with Crippen molar-refractivity contribution in [2.45, 2.75) is 6.61 Å². The van der Waals surface area contributed by atoms with E-state index in [2.05, 4.69) is 21.2 Å². The number of benzene rings is 3. The van der Waals surface area contributed by atoms with Crippen LogP contribution in [-0.4, -0.2) is 16.9 Å². The highest BCUT2D eigenvalue weighted by molar-refractivity contribution is 9.10. The molecule has 1 aliphatic heterocycles. The van der Waals surface area contributed by atoms with Gasteiger partial charge in [0.25, 0.3) is 11.8 Å². The molecule has 1 heterocycles. The zero-order chi connectivity index (χ0) is 23.5. The van der Waals surface area contributed by atoms with E-state index in [0.717, 1.165) is 10.5 Å². The maximum absolute atomic E-state index is 14.4. The number of thiocarbonyl (C=S) groups is 1. The van der Waals surface area contributed by atoms with Crippen molar-refractivity contribution in [3.8, 4) is 5.75 Å². The van der Waals surface area contributed by atoms with Gasteiger partial charge in [0.1, 0.15) is 23.7 Å². The van der Waals surface area contributed by atoms with E-state index in [1.807, 2.05) is 18.2 Å². The average Bonchev–Trinajstić information content (AvgIpc) is 2.78. The van der Waals surface area contributed by atoms with E-state index in [1.165, 1.54) is 24.3 Å². The minimum atomic E-state index is -0.745. The Kier molecular flexibility index (Phi) is 6.88. The molecule has 0 unspecified atom stereocenters. The average molecular weight is 546 g/mol. The third-order valence-electron chi connectivity index (χ3n) is 4.81. The van der Waals surface area contributed by atoms with Gasteiger partial charge in [0.05, 0.1) is 5.69 Å². The lowest BCUT2D eigenvalue weighted by Gasteiger charge is -2.29. The van der Waals surface area contributed by atoms with Crippen LogP contribution in [0.4, 0.5) is 10.1 Å². The van der Waals surface area contributed by atoms with E-state index in [4.69, 9.17) is 28.6 Å². The molecule has 3 aromatic carbocycles. The van der Waals surface area contributed by atoms with Crippen molar-refractivity contribution in [3.63, 3.8) is 0 Å². The fourth-order valence-corrected chi connectivity index (χ4v) is 4.04. The largest absolute Gasteiger partial charge is 0.488 e. The van der Waals surface area contributed by atoms with Crippen LogP contribution in [0.3, 0.4) is 0 Å². The third kappa shape index (κ3) is 4.98. The van der Waals surface area contributed by atoms with Crippen LogP contribution in [0.15, 0.2) is 76.8 Å². The van der Waals surface area contributed by atoms with Gasteiger partial charge in [-0.2, -0.15) is 0 Å². The van der Waals surface area contributed by atoms with Gasteiger partial charge in [0.2, 0.25) is 0 Å². The molecule has 9 heteroatoms. The van der Waals surface area contributed by atoms with Gasteiger partial charge in [0.15, 0.2) is 5.11 Å². The molecule has 1 fully saturated rings. The molecule has 3 aromatic rings. The number of ether oxygens (including phenoxy) is 1. The number of nitrogens with zero attached hydrogens (tertiary/aromatic N) is 1. The number of hydrogen-bond donors (Lipinski definition) is 1. The van der Waals surface area contributed by atoms with Crippen molar-refractivity contribution >= 4 is 68.4 Å². The fourth-order valence-electron chi connectivity index (χ4n) is 3.20. The maximum Gasteiger partial charge on any atom is 0.270 e. The Hall–Kier alpha value is -3.07. The van der Waals surface area contributed by atoms with Gasteiger partial charge in [-0.15, -0.1) is 0 Å². The quantitative estimate of drug-likeness (QED) is 0.256. The summed E-state index contributed by atoms with van der Waals surface area (Å²) in [4.78, 5) is 26.8. The molecule has 0 aromatic heterocycles. The van der Waals surface area contributed by atoms with Crippen LogP contribution >= 0.6 is 39.7 Å². The van der Waals surface area contributed by atoms with Crippen LogP contribution < -0.4 is 15.0 Å². The minimum absolute atomic E-state index is 0.0529. The molecular formula is C24H15BrClFN2O3S. The van der Waals surface area contributed by atoms with Crippen LogP contribution in [0.2, 0.25) is 5.02 Å². The zero-order valence-corrected chi connectivity index (χ0v) is 20.0. The van der Waals surface area contributed by atoms with Crippen LogP contribution in [0.1, 0.15) is 11.1 Å². The highest BCUT2D eigenvalue weighted by Gasteiger charge is 2.35. The lowest BCUT2D eigenvalue weighted by molar-refractivity contribution is -0.122. The Labute approximate surface area is 207 Å². The summed E-state index contributed by atoms with van der Waals surface area (Å²) in [6, 6.07) is 18.1. The highest BCUT2D eigenvalue weighted by Crippen LogP contribution is 2.30. The maximum atomic E-state index is 14.4. The Balaban J connectivity index is 1.70. The van der Waals surface area contributed by atoms with Gasteiger partial charge >= 0.3 is 0 Å². The molecule has 2 amide bonds. The number of amides is 2. The smallest absolute Gasteiger partial charge is 0.270 e. The molecule has 4 rings (SSSR count). The molecule has 0 atom stereocenters. The summed E-state index contributed by atoms with van der Waals surface area (Å²) >= 11 is 14.7. The highest BCUT2D eigenvalue weighted by atomic mass is 79.9. The molecule has 33 heavy (non-hydrogen) atoms. The van der Waals surface area contributed by atoms with Gasteiger partial charge in [-0.25, -0.2) is 9.29 Å². The van der Waals surface area contributed by atoms with Crippen molar-refractivity contribution in [1.82, 2.24) is 5.32 Å². The number of carbonyl (C=O) groups is 2. The normalized spacial score (nSPS) is 15.1. The Morgan fingerprint density at radius 2 is 1.82 bits per heavy atom. The SMILES string of the molecule is O=C1NC(=S)N(c2ccccc2F)C(=O)/C1=C/c1cc(Br)ccc1OCc1ccccc1Cl. The summed E-state index contributed by atoms with van der Waals surface area (Å²) in [5.41, 5.74) is 0.981. The predicted molar refractivity (Wildman–Crippen MR) is 133 cm³/mol. The molecule has 1 saturated heterocycles. The second-order valence-corrected chi connectivity index (χ2v) is 8.68. The van der Waals surface area contributed by atoms with Crippen molar-refractivity contribution in [2.24, 2.45) is 0 Å². The fraction of sp³-hybridized carbons (Fsp3) is 0.0417. The van der Waals surface area contributed by atoms with E-state index in [-0.39, 0.29) is 23.0 Å². The first-order valence-electron chi connectivity index (χ1n) is 9.67. The van der Waals surface area contributed by atoms with Crippen molar-refractivity contribution in [2.75, 3.05) is 4.90 Å². The monoisotopic (exact) mass is 544 g/mol. The number of anilines is 1. The second kappa shape index (κ2) is 9.82. The summed E-state index contributed by atoms with van der Waals surface area (Å²) in [6.07, 6.45) is 1.39. The molecule has 1 N–H and O–H groups in total. The molecular weight excluding hydrogens is 531 g/mol. The molecule has 0 saturated carbocycles. The molecule has 0 aliphatic carbocycles. The van der Waals surface area contributed by atoms with Gasteiger partial charge in [-0.3, -0.25) is 14.9 Å². The Bertz CT molecular complexity index is 1310. The number of para-hydroxylation sites is 1. The number of carbonyl (C=O) groups excluding carboxylic acids is 2. The van der Waals surface area contributed by atoms with Gasteiger partial charge in [0, 0.05) is 20.6 Å². The summed E-state index contributed by atoms with van der Waals surface area (Å²) in [5.74, 6) is -1.65. The second-order valence-electron chi connectivity index (χ2n) is 6.97. The zero-order valence-electron chi connectivity index (χ0n) is 16.8. The molecule has 5 nitrogen and oxygen atoms in total. The Morgan fingerprint density at radius 1 is 1.09 bits per heavy atom. The lowest BCUT2D eigenvalue weighted by atomic mass is 10.1. The first-order chi connectivity index (χ1) is 15.8. The summed E-state index contributed by atoms with van der Waals surface area (Å²) < 4.78 is 21.0. The standard InChI is InChI=1S/C24H15BrClFN2O3S/c25-16-9-10-21(32-13-14-5-1-2-6-18(14)26)15(11-16)12-17-22(30)28-24(33)29(23(17)31)20-8-4-3-7-19(20)27/h1-12H,13H2,(H,28,30,33)/b17-12+. The summed E-state index contributed by atoms with van der Waals surface area (Å²) in [6.45, 7) is 0.184. The summed E-state index contributed by atoms with van der Waals surface area (Å²) in [5, 5.41) is 2.81. The predicted octanol–water partition coefficient (Wildman–Crippen LogP) is 5.65.